The average molecular weight is 657 g/mol. The standard InChI is InChI=1S/C26H29IN2O6S2/c1-3-34-19-8-14(7-18(27)22(19)35-13-21(30)33-2)9-20-23(31)29(25(36)37-20)28-24(32)26-10-15-4-16(11-26)6-17(5-15)12-26/h7-9,15-17H,3-6,10-13H2,1-2H3,(H,28,32)/b20-9+. The second kappa shape index (κ2) is 10.7. The maximum atomic E-state index is 13.5. The van der Waals surface area contributed by atoms with E-state index in [9.17, 15) is 14.4 Å². The molecule has 37 heavy (non-hydrogen) atoms. The average Bonchev–Trinajstić information content (AvgIpc) is 3.10. The molecule has 4 aliphatic carbocycles. The van der Waals surface area contributed by atoms with Crippen molar-refractivity contribution >= 4 is 74.8 Å². The molecule has 5 aliphatic rings. The van der Waals surface area contributed by atoms with E-state index >= 15 is 0 Å². The number of methoxy groups -OCH3 is 1. The van der Waals surface area contributed by atoms with Crippen molar-refractivity contribution in [3.05, 3.63) is 26.2 Å². The molecule has 4 saturated carbocycles. The molecular formula is C26H29IN2O6S2. The third-order valence-electron chi connectivity index (χ3n) is 7.72. The molecule has 1 saturated heterocycles. The number of carbonyl (C=O) groups is 3. The van der Waals surface area contributed by atoms with Crippen molar-refractivity contribution in [1.82, 2.24) is 10.4 Å². The van der Waals surface area contributed by atoms with Crippen LogP contribution in [0.15, 0.2) is 17.0 Å². The van der Waals surface area contributed by atoms with Crippen LogP contribution in [0.3, 0.4) is 0 Å². The number of esters is 1. The zero-order valence-electron chi connectivity index (χ0n) is 20.7. The van der Waals surface area contributed by atoms with Gasteiger partial charge in [-0.3, -0.25) is 15.0 Å². The number of hydrogen-bond donors (Lipinski definition) is 1. The zero-order chi connectivity index (χ0) is 26.3. The molecule has 0 unspecified atom stereocenters. The van der Waals surface area contributed by atoms with E-state index in [-0.39, 0.29) is 23.8 Å². The Balaban J connectivity index is 1.32. The van der Waals surface area contributed by atoms with Crippen molar-refractivity contribution in [3.63, 3.8) is 0 Å². The molecule has 6 rings (SSSR count). The lowest BCUT2D eigenvalue weighted by molar-refractivity contribution is -0.152. The molecule has 0 aromatic heterocycles. The number of halogens is 1. The molecule has 1 aromatic rings. The van der Waals surface area contributed by atoms with Crippen molar-refractivity contribution in [1.29, 1.82) is 0 Å². The fraction of sp³-hybridized carbons (Fsp3) is 0.538. The Labute approximate surface area is 239 Å². The van der Waals surface area contributed by atoms with Gasteiger partial charge in [0.25, 0.3) is 5.91 Å². The first-order valence-corrected chi connectivity index (χ1v) is 14.8. The fourth-order valence-corrected chi connectivity index (χ4v) is 8.55. The van der Waals surface area contributed by atoms with E-state index in [2.05, 4.69) is 32.8 Å². The lowest BCUT2D eigenvalue weighted by atomic mass is 9.49. The van der Waals surface area contributed by atoms with Gasteiger partial charge in [0.1, 0.15) is 0 Å². The molecule has 198 valence electrons. The van der Waals surface area contributed by atoms with Crippen LogP contribution >= 0.6 is 46.6 Å². The maximum Gasteiger partial charge on any atom is 0.343 e. The van der Waals surface area contributed by atoms with Crippen LogP contribution in [0, 0.1) is 26.7 Å². The van der Waals surface area contributed by atoms with Crippen molar-refractivity contribution in [3.8, 4) is 11.5 Å². The molecule has 0 spiro atoms. The van der Waals surface area contributed by atoms with Crippen LogP contribution in [0.4, 0.5) is 0 Å². The van der Waals surface area contributed by atoms with Crippen LogP contribution < -0.4 is 14.9 Å². The lowest BCUT2D eigenvalue weighted by Crippen LogP contribution is -2.57. The first-order valence-electron chi connectivity index (χ1n) is 12.5. The number of thioether (sulfide) groups is 1. The van der Waals surface area contributed by atoms with Gasteiger partial charge in [0.15, 0.2) is 22.4 Å². The maximum absolute atomic E-state index is 13.5. The van der Waals surface area contributed by atoms with Gasteiger partial charge in [0.05, 0.1) is 27.6 Å². The van der Waals surface area contributed by atoms with Crippen LogP contribution in [0.2, 0.25) is 0 Å². The zero-order valence-corrected chi connectivity index (χ0v) is 24.5. The molecule has 5 fully saturated rings. The summed E-state index contributed by atoms with van der Waals surface area (Å²) in [6.07, 6.45) is 8.20. The fourth-order valence-electron chi connectivity index (χ4n) is 6.59. The SMILES string of the molecule is CCOc1cc(/C=C2/SC(=S)N(NC(=O)C34CC5CC(CC(C5)C3)C4)C2=O)cc(I)c1OCC(=O)OC. The van der Waals surface area contributed by atoms with Gasteiger partial charge < -0.3 is 14.2 Å². The molecule has 1 heterocycles. The minimum atomic E-state index is -0.499. The molecular weight excluding hydrogens is 627 g/mol. The summed E-state index contributed by atoms with van der Waals surface area (Å²) < 4.78 is 17.0. The Hall–Kier alpha value is -1.86. The summed E-state index contributed by atoms with van der Waals surface area (Å²) in [4.78, 5) is 38.7. The van der Waals surface area contributed by atoms with Gasteiger partial charge in [-0.25, -0.2) is 4.79 Å². The summed E-state index contributed by atoms with van der Waals surface area (Å²) in [5.41, 5.74) is 3.23. The first-order chi connectivity index (χ1) is 17.7. The van der Waals surface area contributed by atoms with E-state index in [4.69, 9.17) is 21.7 Å². The molecule has 1 aliphatic heterocycles. The predicted octanol–water partition coefficient (Wildman–Crippen LogP) is 4.69. The number of thiocarbonyl (C=S) groups is 1. The Bertz CT molecular complexity index is 1150. The van der Waals surface area contributed by atoms with Gasteiger partial charge in [0, 0.05) is 0 Å². The van der Waals surface area contributed by atoms with Crippen LogP contribution in [-0.4, -0.2) is 47.4 Å². The highest BCUT2D eigenvalue weighted by molar-refractivity contribution is 14.1. The number of hydrazine groups is 1. The van der Waals surface area contributed by atoms with Crippen LogP contribution in [-0.2, 0) is 19.1 Å². The summed E-state index contributed by atoms with van der Waals surface area (Å²) in [7, 11) is 1.30. The molecule has 2 amide bonds. The number of ether oxygens (including phenoxy) is 3. The normalized spacial score (nSPS) is 29.1. The monoisotopic (exact) mass is 656 g/mol. The topological polar surface area (TPSA) is 94.2 Å². The molecule has 4 bridgehead atoms. The van der Waals surface area contributed by atoms with E-state index in [0.29, 0.717) is 54.2 Å². The third-order valence-corrected chi connectivity index (χ3v) is 9.82. The van der Waals surface area contributed by atoms with E-state index < -0.39 is 5.97 Å². The van der Waals surface area contributed by atoms with Gasteiger partial charge >= 0.3 is 5.97 Å². The van der Waals surface area contributed by atoms with Crippen molar-refractivity contribution < 1.29 is 28.6 Å². The Morgan fingerprint density at radius 1 is 1.19 bits per heavy atom. The minimum absolute atomic E-state index is 0.0653. The number of benzene rings is 1. The van der Waals surface area contributed by atoms with Crippen LogP contribution in [0.1, 0.15) is 51.0 Å². The highest BCUT2D eigenvalue weighted by atomic mass is 127. The number of amides is 2. The number of hydrogen-bond acceptors (Lipinski definition) is 8. The summed E-state index contributed by atoms with van der Waals surface area (Å²) >= 11 is 8.74. The number of nitrogens with zero attached hydrogens (tertiary/aromatic N) is 1. The van der Waals surface area contributed by atoms with Crippen LogP contribution in [0.5, 0.6) is 11.5 Å². The highest BCUT2D eigenvalue weighted by Gasteiger charge is 2.55. The lowest BCUT2D eigenvalue weighted by Gasteiger charge is -2.55. The molecule has 0 atom stereocenters. The van der Waals surface area contributed by atoms with Crippen molar-refractivity contribution in [2.24, 2.45) is 23.2 Å². The Kier molecular flexibility index (Phi) is 7.75. The molecule has 8 nitrogen and oxygen atoms in total. The van der Waals surface area contributed by atoms with Gasteiger partial charge in [-0.05, 0) is 122 Å². The van der Waals surface area contributed by atoms with Gasteiger partial charge in [-0.2, -0.15) is 5.01 Å². The van der Waals surface area contributed by atoms with Gasteiger partial charge in [0.2, 0.25) is 5.91 Å². The summed E-state index contributed by atoms with van der Waals surface area (Å²) in [6, 6.07) is 3.58. The third kappa shape index (κ3) is 5.36. The second-order valence-corrected chi connectivity index (χ2v) is 13.1. The predicted molar refractivity (Wildman–Crippen MR) is 152 cm³/mol. The molecule has 0 radical (unpaired) electrons. The van der Waals surface area contributed by atoms with Crippen molar-refractivity contribution in [2.75, 3.05) is 20.3 Å². The number of nitrogens with one attached hydrogen (secondary N) is 1. The highest BCUT2D eigenvalue weighted by Crippen LogP contribution is 2.60. The van der Waals surface area contributed by atoms with Gasteiger partial charge in [-0.15, -0.1) is 0 Å². The van der Waals surface area contributed by atoms with Gasteiger partial charge in [-0.1, -0.05) is 11.8 Å². The summed E-state index contributed by atoms with van der Waals surface area (Å²) in [5, 5.41) is 1.23. The molecule has 1 N–H and O–H groups in total. The first kappa shape index (κ1) is 26.7. The molecule has 11 heteroatoms. The van der Waals surface area contributed by atoms with E-state index in [1.807, 2.05) is 13.0 Å². The van der Waals surface area contributed by atoms with E-state index in [1.165, 1.54) is 31.4 Å². The summed E-state index contributed by atoms with van der Waals surface area (Å²) in [6.45, 7) is 2.00. The number of carbonyl (C=O) groups excluding carboxylic acids is 3. The largest absolute Gasteiger partial charge is 0.490 e. The quantitative estimate of drug-likeness (QED) is 0.187. The Morgan fingerprint density at radius 3 is 2.43 bits per heavy atom. The smallest absolute Gasteiger partial charge is 0.343 e. The number of rotatable bonds is 8. The van der Waals surface area contributed by atoms with Crippen LogP contribution in [0.25, 0.3) is 6.08 Å². The van der Waals surface area contributed by atoms with E-state index in [1.54, 1.807) is 12.1 Å². The Morgan fingerprint density at radius 2 is 1.84 bits per heavy atom. The minimum Gasteiger partial charge on any atom is -0.490 e. The second-order valence-electron chi connectivity index (χ2n) is 10.3. The summed E-state index contributed by atoms with van der Waals surface area (Å²) in [5.74, 6) is 1.87. The van der Waals surface area contributed by atoms with Crippen molar-refractivity contribution in [2.45, 2.75) is 45.4 Å². The molecule has 1 aromatic carbocycles. The van der Waals surface area contributed by atoms with E-state index in [0.717, 1.165) is 31.0 Å².